The molecule has 4 nitrogen and oxygen atoms in total. The van der Waals surface area contributed by atoms with Crippen LogP contribution in [0.25, 0.3) is 0 Å². The molecule has 20 heavy (non-hydrogen) atoms. The average Bonchev–Trinajstić information content (AvgIpc) is 2.85. The molecular weight excluding hydrogens is 272 g/mol. The van der Waals surface area contributed by atoms with E-state index in [2.05, 4.69) is 24.0 Å². The van der Waals surface area contributed by atoms with Crippen LogP contribution in [-0.2, 0) is 11.3 Å². The third kappa shape index (κ3) is 4.72. The van der Waals surface area contributed by atoms with Crippen molar-refractivity contribution in [1.29, 1.82) is 0 Å². The fourth-order valence-electron chi connectivity index (χ4n) is 2.31. The summed E-state index contributed by atoms with van der Waals surface area (Å²) >= 11 is 2.07. The molecule has 0 aliphatic carbocycles. The fraction of sp³-hybridized carbons (Fsp3) is 0.533. The molecule has 1 aromatic rings. The highest BCUT2D eigenvalue weighted by Crippen LogP contribution is 2.36. The zero-order valence-corrected chi connectivity index (χ0v) is 12.7. The maximum absolute atomic E-state index is 10.6. The predicted molar refractivity (Wildman–Crippen MR) is 82.9 cm³/mol. The third-order valence-corrected chi connectivity index (χ3v) is 4.97. The van der Waals surface area contributed by atoms with E-state index in [0.29, 0.717) is 10.5 Å². The van der Waals surface area contributed by atoms with E-state index < -0.39 is 5.91 Å². The van der Waals surface area contributed by atoms with Crippen LogP contribution in [0.1, 0.15) is 25.3 Å². The lowest BCUT2D eigenvalue weighted by molar-refractivity contribution is -0.119. The monoisotopic (exact) mass is 294 g/mol. The van der Waals surface area contributed by atoms with Gasteiger partial charge in [0.1, 0.15) is 5.75 Å². The normalized spacial score (nSPS) is 21.9. The maximum atomic E-state index is 10.6. The first-order valence-corrected chi connectivity index (χ1v) is 7.91. The summed E-state index contributed by atoms with van der Waals surface area (Å²) < 4.78 is 5.62. The van der Waals surface area contributed by atoms with E-state index in [9.17, 15) is 4.79 Å². The van der Waals surface area contributed by atoms with Gasteiger partial charge in [0.15, 0.2) is 6.61 Å². The average molecular weight is 294 g/mol. The summed E-state index contributed by atoms with van der Waals surface area (Å²) in [4.78, 5) is 10.6. The lowest BCUT2D eigenvalue weighted by Gasteiger charge is -2.23. The summed E-state index contributed by atoms with van der Waals surface area (Å²) in [6.07, 6.45) is 2.62. The molecular formula is C15H22N2O2S. The Hall–Kier alpha value is -1.20. The minimum atomic E-state index is -0.460. The molecule has 3 N–H and O–H groups in total. The molecule has 1 aliphatic rings. The molecule has 5 heteroatoms. The van der Waals surface area contributed by atoms with Crippen LogP contribution >= 0.6 is 11.8 Å². The van der Waals surface area contributed by atoms with E-state index in [1.54, 1.807) is 0 Å². The van der Waals surface area contributed by atoms with Crippen molar-refractivity contribution in [2.24, 2.45) is 5.73 Å². The molecule has 0 spiro atoms. The topological polar surface area (TPSA) is 64.3 Å². The van der Waals surface area contributed by atoms with Crippen LogP contribution < -0.4 is 15.8 Å². The molecule has 0 bridgehead atoms. The van der Waals surface area contributed by atoms with Gasteiger partial charge in [0, 0.05) is 17.8 Å². The highest BCUT2D eigenvalue weighted by molar-refractivity contribution is 8.00. The zero-order valence-electron chi connectivity index (χ0n) is 11.9. The zero-order chi connectivity index (χ0) is 14.4. The number of thioether (sulfide) groups is 1. The second kappa shape index (κ2) is 6.99. The molecule has 1 amide bonds. The quantitative estimate of drug-likeness (QED) is 0.806. The van der Waals surface area contributed by atoms with Crippen molar-refractivity contribution < 1.29 is 9.53 Å². The lowest BCUT2D eigenvalue weighted by Crippen LogP contribution is -2.32. The third-order valence-electron chi connectivity index (χ3n) is 3.43. The van der Waals surface area contributed by atoms with Crippen LogP contribution in [0.4, 0.5) is 0 Å². The van der Waals surface area contributed by atoms with Crippen molar-refractivity contribution in [1.82, 2.24) is 5.32 Å². The number of amides is 1. The Balaban J connectivity index is 1.74. The Kier molecular flexibility index (Phi) is 5.31. The van der Waals surface area contributed by atoms with Crippen molar-refractivity contribution in [2.75, 3.05) is 18.9 Å². The highest BCUT2D eigenvalue weighted by Gasteiger charge is 2.28. The van der Waals surface area contributed by atoms with E-state index in [-0.39, 0.29) is 6.61 Å². The summed E-state index contributed by atoms with van der Waals surface area (Å²) in [7, 11) is 0. The maximum Gasteiger partial charge on any atom is 0.255 e. The number of nitrogens with two attached hydrogens (primary N) is 1. The second-order valence-corrected chi connectivity index (χ2v) is 7.09. The summed E-state index contributed by atoms with van der Waals surface area (Å²) in [5, 5.41) is 3.52. The SMILES string of the molecule is CC1(CNCc2ccc(OCC(N)=O)cc2)CCCS1. The summed E-state index contributed by atoms with van der Waals surface area (Å²) in [6, 6.07) is 7.75. The number of ether oxygens (including phenoxy) is 1. The van der Waals surface area contributed by atoms with Gasteiger partial charge in [-0.1, -0.05) is 12.1 Å². The molecule has 1 unspecified atom stereocenters. The van der Waals surface area contributed by atoms with Crippen LogP contribution in [0.15, 0.2) is 24.3 Å². The van der Waals surface area contributed by atoms with Crippen molar-refractivity contribution in [3.05, 3.63) is 29.8 Å². The van der Waals surface area contributed by atoms with Gasteiger partial charge in [-0.15, -0.1) is 0 Å². The van der Waals surface area contributed by atoms with Gasteiger partial charge >= 0.3 is 0 Å². The fourth-order valence-corrected chi connectivity index (χ4v) is 3.58. The van der Waals surface area contributed by atoms with Crippen molar-refractivity contribution in [3.8, 4) is 5.75 Å². The number of carbonyl (C=O) groups excluding carboxylic acids is 1. The summed E-state index contributed by atoms with van der Waals surface area (Å²) in [6.45, 7) is 4.15. The number of carbonyl (C=O) groups is 1. The number of rotatable bonds is 7. The van der Waals surface area contributed by atoms with E-state index in [1.165, 1.54) is 24.2 Å². The van der Waals surface area contributed by atoms with Gasteiger partial charge in [-0.25, -0.2) is 0 Å². The second-order valence-electron chi connectivity index (χ2n) is 5.40. The van der Waals surface area contributed by atoms with Gasteiger partial charge in [-0.05, 0) is 43.2 Å². The Morgan fingerprint density at radius 2 is 2.20 bits per heavy atom. The molecule has 1 atom stereocenters. The Bertz CT molecular complexity index is 442. The summed E-state index contributed by atoms with van der Waals surface area (Å²) in [5.74, 6) is 1.49. The largest absolute Gasteiger partial charge is 0.484 e. The van der Waals surface area contributed by atoms with E-state index in [1.807, 2.05) is 24.3 Å². The number of benzene rings is 1. The number of nitrogens with one attached hydrogen (secondary N) is 1. The van der Waals surface area contributed by atoms with Gasteiger partial charge in [0.25, 0.3) is 5.91 Å². The van der Waals surface area contributed by atoms with Gasteiger partial charge in [0.2, 0.25) is 0 Å². The smallest absolute Gasteiger partial charge is 0.255 e. The molecule has 110 valence electrons. The van der Waals surface area contributed by atoms with Crippen LogP contribution in [-0.4, -0.2) is 29.6 Å². The first-order chi connectivity index (χ1) is 9.57. The Labute approximate surface area is 124 Å². The lowest BCUT2D eigenvalue weighted by atomic mass is 10.1. The molecule has 2 rings (SSSR count). The molecule has 0 radical (unpaired) electrons. The molecule has 1 aromatic carbocycles. The van der Waals surface area contributed by atoms with Crippen LogP contribution in [0.3, 0.4) is 0 Å². The van der Waals surface area contributed by atoms with Crippen molar-refractivity contribution in [2.45, 2.75) is 31.1 Å². The van der Waals surface area contributed by atoms with Crippen molar-refractivity contribution in [3.63, 3.8) is 0 Å². The minimum Gasteiger partial charge on any atom is -0.484 e. The molecule has 1 saturated heterocycles. The predicted octanol–water partition coefficient (Wildman–Crippen LogP) is 1.93. The van der Waals surface area contributed by atoms with Crippen LogP contribution in [0, 0.1) is 0 Å². The van der Waals surface area contributed by atoms with Crippen LogP contribution in [0.5, 0.6) is 5.75 Å². The first-order valence-electron chi connectivity index (χ1n) is 6.92. The van der Waals surface area contributed by atoms with E-state index in [0.717, 1.165) is 13.1 Å². The van der Waals surface area contributed by atoms with Gasteiger partial charge in [-0.2, -0.15) is 11.8 Å². The van der Waals surface area contributed by atoms with Gasteiger partial charge < -0.3 is 15.8 Å². The molecule has 0 aromatic heterocycles. The van der Waals surface area contributed by atoms with Gasteiger partial charge in [0.05, 0.1) is 0 Å². The van der Waals surface area contributed by atoms with Gasteiger partial charge in [-0.3, -0.25) is 4.79 Å². The molecule has 1 aliphatic heterocycles. The van der Waals surface area contributed by atoms with Crippen molar-refractivity contribution >= 4 is 17.7 Å². The molecule has 1 fully saturated rings. The number of primary amides is 1. The molecule has 0 saturated carbocycles. The number of hydrogen-bond acceptors (Lipinski definition) is 4. The minimum absolute atomic E-state index is 0.0762. The highest BCUT2D eigenvalue weighted by atomic mass is 32.2. The Morgan fingerprint density at radius 1 is 1.45 bits per heavy atom. The number of hydrogen-bond donors (Lipinski definition) is 2. The van der Waals surface area contributed by atoms with Crippen LogP contribution in [0.2, 0.25) is 0 Å². The first kappa shape index (κ1) is 15.2. The van der Waals surface area contributed by atoms with E-state index in [4.69, 9.17) is 10.5 Å². The standard InChI is InChI=1S/C15H22N2O2S/c1-15(7-2-8-20-15)11-17-9-12-3-5-13(6-4-12)19-10-14(16)18/h3-6,17H,2,7-11H2,1H3,(H2,16,18). The molecule has 1 heterocycles. The summed E-state index contributed by atoms with van der Waals surface area (Å²) in [5.41, 5.74) is 6.24. The van der Waals surface area contributed by atoms with E-state index >= 15 is 0 Å². The Morgan fingerprint density at radius 3 is 2.80 bits per heavy atom.